The lowest BCUT2D eigenvalue weighted by Crippen LogP contribution is -2.22. The highest BCUT2D eigenvalue weighted by atomic mass is 15.2. The van der Waals surface area contributed by atoms with Gasteiger partial charge >= 0.3 is 0 Å². The van der Waals surface area contributed by atoms with E-state index in [-0.39, 0.29) is 5.41 Å². The Labute approximate surface area is 345 Å². The van der Waals surface area contributed by atoms with Gasteiger partial charge in [0.1, 0.15) is 0 Å². The first-order chi connectivity index (χ1) is 29.1. The van der Waals surface area contributed by atoms with Crippen molar-refractivity contribution >= 4 is 38.9 Å². The van der Waals surface area contributed by atoms with Crippen molar-refractivity contribution in [2.24, 2.45) is 0 Å². The van der Waals surface area contributed by atoms with Crippen LogP contribution >= 0.6 is 0 Å². The molecule has 59 heavy (non-hydrogen) atoms. The van der Waals surface area contributed by atoms with Crippen LogP contribution in [0.4, 0.5) is 17.1 Å². The number of anilines is 3. The zero-order valence-electron chi connectivity index (χ0n) is 33.2. The van der Waals surface area contributed by atoms with E-state index in [0.717, 1.165) is 17.1 Å². The van der Waals surface area contributed by atoms with E-state index in [1.54, 1.807) is 0 Å². The number of hydrogen-bond acceptors (Lipinski definition) is 1. The average Bonchev–Trinajstić information content (AvgIpc) is 3.76. The van der Waals surface area contributed by atoms with Gasteiger partial charge in [0.25, 0.3) is 0 Å². The third-order valence-corrected chi connectivity index (χ3v) is 12.4. The summed E-state index contributed by atoms with van der Waals surface area (Å²) >= 11 is 0. The first kappa shape index (κ1) is 34.8. The topological polar surface area (TPSA) is 8.17 Å². The molecule has 0 atom stereocenters. The van der Waals surface area contributed by atoms with Crippen molar-refractivity contribution in [2.45, 2.75) is 19.3 Å². The van der Waals surface area contributed by atoms with Gasteiger partial charge in [-0.25, -0.2) is 0 Å². The summed E-state index contributed by atoms with van der Waals surface area (Å²) in [6.07, 6.45) is 0. The first-order valence-electron chi connectivity index (χ1n) is 20.5. The van der Waals surface area contributed by atoms with E-state index in [4.69, 9.17) is 0 Å². The van der Waals surface area contributed by atoms with E-state index in [1.807, 2.05) is 0 Å². The van der Waals surface area contributed by atoms with Gasteiger partial charge in [0.2, 0.25) is 0 Å². The molecule has 11 rings (SSSR count). The van der Waals surface area contributed by atoms with Gasteiger partial charge in [0, 0.05) is 21.8 Å². The second kappa shape index (κ2) is 13.9. The van der Waals surface area contributed by atoms with Crippen molar-refractivity contribution < 1.29 is 0 Å². The van der Waals surface area contributed by atoms with Crippen LogP contribution in [-0.4, -0.2) is 4.57 Å². The summed E-state index contributed by atoms with van der Waals surface area (Å²) in [5.74, 6) is 0. The lowest BCUT2D eigenvalue weighted by atomic mass is 9.81. The van der Waals surface area contributed by atoms with Gasteiger partial charge in [0.15, 0.2) is 0 Å². The molecule has 1 aromatic heterocycles. The molecular weight excluding hydrogens is 713 g/mol. The van der Waals surface area contributed by atoms with E-state index in [9.17, 15) is 0 Å². The van der Waals surface area contributed by atoms with Crippen LogP contribution in [-0.2, 0) is 5.41 Å². The van der Waals surface area contributed by atoms with Gasteiger partial charge in [-0.05, 0) is 86.5 Å². The minimum atomic E-state index is -0.262. The minimum absolute atomic E-state index is 0.262. The lowest BCUT2D eigenvalue weighted by Gasteiger charge is -2.35. The number of para-hydroxylation sites is 4. The third-order valence-electron chi connectivity index (χ3n) is 12.4. The molecule has 2 nitrogen and oxygen atoms in total. The number of aromatic nitrogens is 1. The lowest BCUT2D eigenvalue weighted by molar-refractivity contribution is 0.661. The summed E-state index contributed by atoms with van der Waals surface area (Å²) in [6, 6.07) is 80.0. The number of benzene rings is 9. The van der Waals surface area contributed by atoms with Gasteiger partial charge in [-0.1, -0.05) is 196 Å². The third kappa shape index (κ3) is 5.48. The molecule has 280 valence electrons. The molecule has 1 aliphatic carbocycles. The predicted molar refractivity (Wildman–Crippen MR) is 249 cm³/mol. The Morgan fingerprint density at radius 1 is 0.356 bits per heavy atom. The molecule has 0 fully saturated rings. The average molecular weight is 755 g/mol. The van der Waals surface area contributed by atoms with Crippen LogP contribution in [0.15, 0.2) is 218 Å². The highest BCUT2D eigenvalue weighted by Crippen LogP contribution is 2.56. The smallest absolute Gasteiger partial charge is 0.0702 e. The second-order valence-electron chi connectivity index (χ2n) is 16.0. The van der Waals surface area contributed by atoms with Crippen molar-refractivity contribution in [3.63, 3.8) is 0 Å². The van der Waals surface area contributed by atoms with Crippen LogP contribution in [0.1, 0.15) is 25.0 Å². The molecular formula is C57H42N2. The van der Waals surface area contributed by atoms with E-state index in [0.29, 0.717) is 0 Å². The Balaban J connectivity index is 1.29. The number of fused-ring (bicyclic) bond motifs is 6. The maximum atomic E-state index is 2.58. The van der Waals surface area contributed by atoms with Crippen LogP contribution < -0.4 is 4.90 Å². The van der Waals surface area contributed by atoms with Crippen molar-refractivity contribution in [1.82, 2.24) is 4.57 Å². The number of nitrogens with zero attached hydrogens (tertiary/aromatic N) is 2. The molecule has 0 N–H and O–H groups in total. The molecule has 0 saturated carbocycles. The highest BCUT2D eigenvalue weighted by molar-refractivity contribution is 6.10. The molecule has 0 radical (unpaired) electrons. The van der Waals surface area contributed by atoms with Crippen LogP contribution in [0.5, 0.6) is 0 Å². The molecule has 2 heteroatoms. The van der Waals surface area contributed by atoms with Gasteiger partial charge in [-0.15, -0.1) is 0 Å². The van der Waals surface area contributed by atoms with Gasteiger partial charge in [0.05, 0.1) is 33.8 Å². The maximum absolute atomic E-state index is 2.58. The highest BCUT2D eigenvalue weighted by Gasteiger charge is 2.39. The normalized spacial score (nSPS) is 12.7. The van der Waals surface area contributed by atoms with Crippen LogP contribution in [0.3, 0.4) is 0 Å². The molecule has 0 unspecified atom stereocenters. The molecule has 10 aromatic rings. The summed E-state index contributed by atoms with van der Waals surface area (Å²) in [4.78, 5) is 2.58. The first-order valence-corrected chi connectivity index (χ1v) is 20.5. The van der Waals surface area contributed by atoms with Gasteiger partial charge < -0.3 is 9.47 Å². The molecule has 0 spiro atoms. The molecule has 1 heterocycles. The predicted octanol–water partition coefficient (Wildman–Crippen LogP) is 15.6. The van der Waals surface area contributed by atoms with E-state index >= 15 is 0 Å². The van der Waals surface area contributed by atoms with Crippen molar-refractivity contribution in [3.05, 3.63) is 230 Å². The Hall–Kier alpha value is -7.42. The van der Waals surface area contributed by atoms with Crippen molar-refractivity contribution in [3.8, 4) is 50.2 Å². The van der Waals surface area contributed by atoms with Gasteiger partial charge in [-0.3, -0.25) is 0 Å². The van der Waals surface area contributed by atoms with Crippen LogP contribution in [0.2, 0.25) is 0 Å². The second-order valence-corrected chi connectivity index (χ2v) is 16.0. The summed E-state index contributed by atoms with van der Waals surface area (Å²) in [7, 11) is 0. The van der Waals surface area contributed by atoms with E-state index in [2.05, 4.69) is 242 Å². The zero-order valence-corrected chi connectivity index (χ0v) is 33.2. The summed E-state index contributed by atoms with van der Waals surface area (Å²) in [5, 5.41) is 2.48. The fourth-order valence-corrected chi connectivity index (χ4v) is 9.86. The molecule has 0 bridgehead atoms. The molecule has 0 aliphatic heterocycles. The SMILES string of the molecule is CC1(C)c2ccccc2-c2cccc(N(c3ccccc3-n3c4ccccc4c4ccccc43)c3cccc(-c4ccccc4)c3-c3ccccc3-c3ccccc3)c21. The maximum Gasteiger partial charge on any atom is 0.0702 e. The van der Waals surface area contributed by atoms with Crippen LogP contribution in [0.25, 0.3) is 72.0 Å². The van der Waals surface area contributed by atoms with E-state index in [1.165, 1.54) is 83.1 Å². The molecule has 0 saturated heterocycles. The standard InChI is InChI=1S/C57H42N2/c1-57(2)48-32-14-11-26-43(48)47-31-20-38-54(56(47)57)59(52-36-18-17-35-51(52)58-49-33-15-12-27-44(49)45-28-13-16-34-50(45)58)53-37-19-30-42(40-23-7-4-8-24-40)55(53)46-29-10-9-25-41(46)39-21-5-3-6-22-39/h3-38H,1-2H3. The van der Waals surface area contributed by atoms with Crippen molar-refractivity contribution in [1.29, 1.82) is 0 Å². The Bertz CT molecular complexity index is 3140. The van der Waals surface area contributed by atoms with Gasteiger partial charge in [-0.2, -0.15) is 0 Å². The van der Waals surface area contributed by atoms with Crippen LogP contribution in [0, 0.1) is 0 Å². The summed E-state index contributed by atoms with van der Waals surface area (Å²) in [5.41, 5.74) is 19.0. The molecule has 1 aliphatic rings. The fraction of sp³-hybridized carbons (Fsp3) is 0.0526. The minimum Gasteiger partial charge on any atom is -0.307 e. The Kier molecular flexibility index (Phi) is 8.20. The summed E-state index contributed by atoms with van der Waals surface area (Å²) in [6.45, 7) is 4.79. The zero-order chi connectivity index (χ0) is 39.5. The molecule has 0 amide bonds. The quantitative estimate of drug-likeness (QED) is 0.157. The Morgan fingerprint density at radius 3 is 1.53 bits per heavy atom. The van der Waals surface area contributed by atoms with E-state index < -0.39 is 0 Å². The summed E-state index contributed by atoms with van der Waals surface area (Å²) < 4.78 is 2.47. The number of hydrogen-bond donors (Lipinski definition) is 0. The Morgan fingerprint density at radius 2 is 0.831 bits per heavy atom. The largest absolute Gasteiger partial charge is 0.307 e. The van der Waals surface area contributed by atoms with Crippen molar-refractivity contribution in [2.75, 3.05) is 4.90 Å². The molecule has 9 aromatic carbocycles. The number of rotatable bonds is 7. The monoisotopic (exact) mass is 754 g/mol. The fourth-order valence-electron chi connectivity index (χ4n) is 9.86.